The van der Waals surface area contributed by atoms with Gasteiger partial charge in [-0.05, 0) is 30.2 Å². The number of halogens is 2. The summed E-state index contributed by atoms with van der Waals surface area (Å²) in [5, 5.41) is 1.09. The Hall–Kier alpha value is -1.03. The minimum atomic E-state index is 0. The van der Waals surface area contributed by atoms with Crippen LogP contribution in [-0.2, 0) is 6.42 Å². The SMILES string of the molecule is Cl.Cl.NC1COc2c(ccc3ncccc23)C1. The normalized spacial score (nSPS) is 17.4. The summed E-state index contributed by atoms with van der Waals surface area (Å²) in [4.78, 5) is 4.30. The van der Waals surface area contributed by atoms with Gasteiger partial charge < -0.3 is 10.5 Å². The lowest BCUT2D eigenvalue weighted by atomic mass is 10.0. The fraction of sp³-hybridized carbons (Fsp3) is 0.250. The van der Waals surface area contributed by atoms with Crippen LogP contribution in [0.3, 0.4) is 0 Å². The summed E-state index contributed by atoms with van der Waals surface area (Å²) in [5.74, 6) is 0.960. The molecule has 3 nitrogen and oxygen atoms in total. The molecular weight excluding hydrogens is 259 g/mol. The summed E-state index contributed by atoms with van der Waals surface area (Å²) < 4.78 is 5.68. The quantitative estimate of drug-likeness (QED) is 0.801. The van der Waals surface area contributed by atoms with Gasteiger partial charge in [0, 0.05) is 17.6 Å². The van der Waals surface area contributed by atoms with E-state index in [0.29, 0.717) is 6.61 Å². The summed E-state index contributed by atoms with van der Waals surface area (Å²) in [5.41, 5.74) is 8.02. The minimum Gasteiger partial charge on any atom is -0.491 e. The van der Waals surface area contributed by atoms with Gasteiger partial charge in [-0.2, -0.15) is 0 Å². The number of fused-ring (bicyclic) bond motifs is 3. The zero-order valence-electron chi connectivity index (χ0n) is 9.13. The van der Waals surface area contributed by atoms with Gasteiger partial charge in [-0.25, -0.2) is 0 Å². The lowest BCUT2D eigenvalue weighted by Gasteiger charge is -2.23. The van der Waals surface area contributed by atoms with Crippen molar-refractivity contribution in [2.45, 2.75) is 12.5 Å². The largest absolute Gasteiger partial charge is 0.491 e. The van der Waals surface area contributed by atoms with Crippen LogP contribution < -0.4 is 10.5 Å². The smallest absolute Gasteiger partial charge is 0.132 e. The molecule has 17 heavy (non-hydrogen) atoms. The van der Waals surface area contributed by atoms with E-state index in [4.69, 9.17) is 10.5 Å². The first-order chi connectivity index (χ1) is 7.34. The third-order valence-electron chi connectivity index (χ3n) is 2.74. The van der Waals surface area contributed by atoms with Crippen molar-refractivity contribution < 1.29 is 4.74 Å². The highest BCUT2D eigenvalue weighted by molar-refractivity contribution is 5.86. The second-order valence-corrected chi connectivity index (χ2v) is 3.90. The Balaban J connectivity index is 0.000000722. The maximum Gasteiger partial charge on any atom is 0.132 e. The van der Waals surface area contributed by atoms with Crippen LogP contribution in [0.15, 0.2) is 30.5 Å². The predicted molar refractivity (Wildman–Crippen MR) is 73.4 cm³/mol. The van der Waals surface area contributed by atoms with E-state index in [1.54, 1.807) is 6.20 Å². The third kappa shape index (κ3) is 2.46. The first-order valence-corrected chi connectivity index (χ1v) is 5.09. The molecule has 0 aliphatic carbocycles. The van der Waals surface area contributed by atoms with E-state index in [2.05, 4.69) is 11.1 Å². The summed E-state index contributed by atoms with van der Waals surface area (Å²) in [6, 6.07) is 8.17. The molecule has 1 unspecified atom stereocenters. The number of hydrogen-bond donors (Lipinski definition) is 1. The highest BCUT2D eigenvalue weighted by Crippen LogP contribution is 2.31. The standard InChI is InChI=1S/C12H12N2O.2ClH/c13-9-6-8-3-4-11-10(2-1-5-14-11)12(8)15-7-9;;/h1-5,9H,6-7,13H2;2*1H. The Labute approximate surface area is 112 Å². The molecule has 0 fully saturated rings. The van der Waals surface area contributed by atoms with Gasteiger partial charge in [-0.3, -0.25) is 4.98 Å². The molecule has 0 amide bonds. The molecule has 0 radical (unpaired) electrons. The predicted octanol–water partition coefficient (Wildman–Crippen LogP) is 2.34. The first-order valence-electron chi connectivity index (χ1n) is 5.09. The Morgan fingerprint density at radius 3 is 2.88 bits per heavy atom. The molecule has 0 saturated carbocycles. The topological polar surface area (TPSA) is 48.1 Å². The van der Waals surface area contributed by atoms with Gasteiger partial charge in [0.2, 0.25) is 0 Å². The van der Waals surface area contributed by atoms with E-state index in [0.717, 1.165) is 23.1 Å². The number of rotatable bonds is 0. The van der Waals surface area contributed by atoms with Crippen molar-refractivity contribution in [1.82, 2.24) is 4.98 Å². The van der Waals surface area contributed by atoms with Crippen LogP contribution in [0.5, 0.6) is 5.75 Å². The molecule has 1 aliphatic rings. The molecule has 1 atom stereocenters. The Kier molecular flexibility index (Phi) is 4.57. The van der Waals surface area contributed by atoms with E-state index in [1.165, 1.54) is 5.56 Å². The number of hydrogen-bond acceptors (Lipinski definition) is 3. The fourth-order valence-electron chi connectivity index (χ4n) is 2.03. The maximum atomic E-state index is 5.85. The van der Waals surface area contributed by atoms with Crippen LogP contribution in [0, 0.1) is 0 Å². The number of pyridine rings is 1. The highest BCUT2D eigenvalue weighted by atomic mass is 35.5. The maximum absolute atomic E-state index is 5.85. The second kappa shape index (κ2) is 5.54. The van der Waals surface area contributed by atoms with Gasteiger partial charge >= 0.3 is 0 Å². The molecule has 1 aliphatic heterocycles. The molecule has 2 aromatic rings. The molecular formula is C12H14Cl2N2O. The van der Waals surface area contributed by atoms with Crippen molar-refractivity contribution in [3.8, 4) is 5.75 Å². The van der Waals surface area contributed by atoms with Crippen LogP contribution in [0.4, 0.5) is 0 Å². The Morgan fingerprint density at radius 2 is 2.06 bits per heavy atom. The summed E-state index contributed by atoms with van der Waals surface area (Å²) >= 11 is 0. The van der Waals surface area contributed by atoms with E-state index in [-0.39, 0.29) is 30.9 Å². The lowest BCUT2D eigenvalue weighted by molar-refractivity contribution is 0.267. The van der Waals surface area contributed by atoms with Crippen molar-refractivity contribution in [3.63, 3.8) is 0 Å². The van der Waals surface area contributed by atoms with Gasteiger partial charge in [-0.1, -0.05) is 6.07 Å². The van der Waals surface area contributed by atoms with Crippen molar-refractivity contribution in [2.75, 3.05) is 6.61 Å². The van der Waals surface area contributed by atoms with Crippen molar-refractivity contribution in [2.24, 2.45) is 5.73 Å². The molecule has 0 bridgehead atoms. The third-order valence-corrected chi connectivity index (χ3v) is 2.74. The molecule has 0 spiro atoms. The number of nitrogens with zero attached hydrogens (tertiary/aromatic N) is 1. The number of benzene rings is 1. The van der Waals surface area contributed by atoms with Crippen molar-refractivity contribution >= 4 is 35.7 Å². The monoisotopic (exact) mass is 272 g/mol. The number of ether oxygens (including phenoxy) is 1. The average Bonchev–Trinajstić information content (AvgIpc) is 2.28. The van der Waals surface area contributed by atoms with Crippen LogP contribution in [-0.4, -0.2) is 17.6 Å². The zero-order chi connectivity index (χ0) is 10.3. The molecule has 1 aromatic carbocycles. The van der Waals surface area contributed by atoms with Crippen molar-refractivity contribution in [1.29, 1.82) is 0 Å². The van der Waals surface area contributed by atoms with Crippen LogP contribution >= 0.6 is 24.8 Å². The van der Waals surface area contributed by atoms with Gasteiger partial charge in [-0.15, -0.1) is 24.8 Å². The van der Waals surface area contributed by atoms with E-state index in [9.17, 15) is 0 Å². The van der Waals surface area contributed by atoms with Gasteiger partial charge in [0.15, 0.2) is 0 Å². The van der Waals surface area contributed by atoms with Crippen LogP contribution in [0.1, 0.15) is 5.56 Å². The molecule has 3 rings (SSSR count). The average molecular weight is 273 g/mol. The summed E-state index contributed by atoms with van der Waals surface area (Å²) in [7, 11) is 0. The number of nitrogens with two attached hydrogens (primary N) is 1. The molecule has 0 saturated heterocycles. The molecule has 2 N–H and O–H groups in total. The van der Waals surface area contributed by atoms with Gasteiger partial charge in [0.1, 0.15) is 12.4 Å². The zero-order valence-corrected chi connectivity index (χ0v) is 10.8. The Bertz CT molecular complexity index is 519. The fourth-order valence-corrected chi connectivity index (χ4v) is 2.03. The molecule has 1 aromatic heterocycles. The molecule has 92 valence electrons. The van der Waals surface area contributed by atoms with Gasteiger partial charge in [0.05, 0.1) is 5.52 Å². The lowest BCUT2D eigenvalue weighted by Crippen LogP contribution is -2.33. The molecule has 2 heterocycles. The van der Waals surface area contributed by atoms with Crippen LogP contribution in [0.2, 0.25) is 0 Å². The first kappa shape index (κ1) is 14.0. The van der Waals surface area contributed by atoms with E-state index >= 15 is 0 Å². The molecule has 5 heteroatoms. The van der Waals surface area contributed by atoms with E-state index in [1.807, 2.05) is 18.2 Å². The number of aromatic nitrogens is 1. The summed E-state index contributed by atoms with van der Waals surface area (Å²) in [6.45, 7) is 0.598. The summed E-state index contributed by atoms with van der Waals surface area (Å²) in [6.07, 6.45) is 2.68. The van der Waals surface area contributed by atoms with Gasteiger partial charge in [0.25, 0.3) is 0 Å². The van der Waals surface area contributed by atoms with Crippen LogP contribution in [0.25, 0.3) is 10.9 Å². The second-order valence-electron chi connectivity index (χ2n) is 3.90. The van der Waals surface area contributed by atoms with E-state index < -0.39 is 0 Å². The van der Waals surface area contributed by atoms with Crippen molar-refractivity contribution in [3.05, 3.63) is 36.0 Å². The minimum absolute atomic E-state index is 0. The highest BCUT2D eigenvalue weighted by Gasteiger charge is 2.18. The Morgan fingerprint density at radius 1 is 1.24 bits per heavy atom.